The van der Waals surface area contributed by atoms with Crippen molar-refractivity contribution in [1.82, 2.24) is 4.90 Å². The average Bonchev–Trinajstić information content (AvgIpc) is 2.46. The molecule has 1 aromatic carbocycles. The monoisotopic (exact) mass is 347 g/mol. The Morgan fingerprint density at radius 2 is 1.74 bits per heavy atom. The molecule has 1 fully saturated rings. The SMILES string of the molecule is O=C(O)CC1CCN(C(=O)c2ccc(SC(F)(F)F)cc2)CC1. The molecule has 0 saturated carbocycles. The smallest absolute Gasteiger partial charge is 0.446 e. The summed E-state index contributed by atoms with van der Waals surface area (Å²) in [5.41, 5.74) is -4.01. The first-order valence-corrected chi connectivity index (χ1v) is 7.93. The minimum atomic E-state index is -4.35. The van der Waals surface area contributed by atoms with Gasteiger partial charge in [0.2, 0.25) is 0 Å². The molecule has 0 spiro atoms. The highest BCUT2D eigenvalue weighted by molar-refractivity contribution is 8.00. The molecule has 0 radical (unpaired) electrons. The van der Waals surface area contributed by atoms with Crippen LogP contribution in [0.15, 0.2) is 29.2 Å². The van der Waals surface area contributed by atoms with Crippen LogP contribution in [0.4, 0.5) is 13.2 Å². The lowest BCUT2D eigenvalue weighted by molar-refractivity contribution is -0.138. The summed E-state index contributed by atoms with van der Waals surface area (Å²) < 4.78 is 36.8. The fourth-order valence-electron chi connectivity index (χ4n) is 2.57. The lowest BCUT2D eigenvalue weighted by Gasteiger charge is -2.31. The zero-order chi connectivity index (χ0) is 17.0. The van der Waals surface area contributed by atoms with Crippen molar-refractivity contribution in [1.29, 1.82) is 0 Å². The number of alkyl halides is 3. The Morgan fingerprint density at radius 3 is 2.22 bits per heavy atom. The summed E-state index contributed by atoms with van der Waals surface area (Å²) in [6.45, 7) is 0.936. The van der Waals surface area contributed by atoms with Crippen LogP contribution < -0.4 is 0 Å². The summed E-state index contributed by atoms with van der Waals surface area (Å²) in [4.78, 5) is 24.6. The van der Waals surface area contributed by atoms with Gasteiger partial charge in [0.05, 0.1) is 0 Å². The van der Waals surface area contributed by atoms with Crippen molar-refractivity contribution in [3.63, 3.8) is 0 Å². The molecule has 1 aromatic rings. The number of thioether (sulfide) groups is 1. The number of rotatable bonds is 4. The van der Waals surface area contributed by atoms with Gasteiger partial charge in [-0.2, -0.15) is 13.2 Å². The number of carboxylic acid groups (broad SMARTS) is 1. The Kier molecular flexibility index (Phi) is 5.56. The van der Waals surface area contributed by atoms with Crippen LogP contribution in [0, 0.1) is 5.92 Å². The molecule has 1 heterocycles. The second kappa shape index (κ2) is 7.25. The Morgan fingerprint density at radius 1 is 1.17 bits per heavy atom. The molecule has 1 aliphatic heterocycles. The maximum Gasteiger partial charge on any atom is 0.446 e. The van der Waals surface area contributed by atoms with Crippen molar-refractivity contribution in [2.24, 2.45) is 5.92 Å². The largest absolute Gasteiger partial charge is 0.481 e. The number of likely N-dealkylation sites (tertiary alicyclic amines) is 1. The number of hydrogen-bond donors (Lipinski definition) is 1. The van der Waals surface area contributed by atoms with Crippen LogP contribution in [0.25, 0.3) is 0 Å². The average molecular weight is 347 g/mol. The van der Waals surface area contributed by atoms with Gasteiger partial charge in [0.15, 0.2) is 0 Å². The van der Waals surface area contributed by atoms with Crippen LogP contribution in [0.3, 0.4) is 0 Å². The first-order valence-electron chi connectivity index (χ1n) is 7.11. The van der Waals surface area contributed by atoms with E-state index in [0.717, 1.165) is 0 Å². The van der Waals surface area contributed by atoms with Gasteiger partial charge >= 0.3 is 11.5 Å². The van der Waals surface area contributed by atoms with Crippen molar-refractivity contribution in [2.45, 2.75) is 29.7 Å². The predicted octanol–water partition coefficient (Wildman–Crippen LogP) is 3.63. The van der Waals surface area contributed by atoms with Crippen molar-refractivity contribution in [3.8, 4) is 0 Å². The maximum absolute atomic E-state index is 12.3. The minimum Gasteiger partial charge on any atom is -0.481 e. The summed E-state index contributed by atoms with van der Waals surface area (Å²) in [6.07, 6.45) is 1.35. The first-order chi connectivity index (χ1) is 10.7. The van der Waals surface area contributed by atoms with Crippen LogP contribution in [0.1, 0.15) is 29.6 Å². The Bertz CT molecular complexity index is 566. The molecule has 23 heavy (non-hydrogen) atoms. The third kappa shape index (κ3) is 5.46. The number of halogens is 3. The number of amides is 1. The molecule has 0 aromatic heterocycles. The molecule has 8 heteroatoms. The lowest BCUT2D eigenvalue weighted by Crippen LogP contribution is -2.38. The summed E-state index contributed by atoms with van der Waals surface area (Å²) >= 11 is -0.218. The van der Waals surface area contributed by atoms with Gasteiger partial charge in [0.25, 0.3) is 5.91 Å². The molecule has 4 nitrogen and oxygen atoms in total. The van der Waals surface area contributed by atoms with E-state index in [-0.39, 0.29) is 34.9 Å². The van der Waals surface area contributed by atoms with E-state index in [2.05, 4.69) is 0 Å². The topological polar surface area (TPSA) is 57.6 Å². The van der Waals surface area contributed by atoms with Crippen LogP contribution in [-0.4, -0.2) is 40.5 Å². The van der Waals surface area contributed by atoms with Crippen LogP contribution in [0.5, 0.6) is 0 Å². The van der Waals surface area contributed by atoms with Gasteiger partial charge < -0.3 is 10.0 Å². The second-order valence-electron chi connectivity index (χ2n) is 5.41. The molecule has 0 bridgehead atoms. The van der Waals surface area contributed by atoms with E-state index in [1.165, 1.54) is 24.3 Å². The number of nitrogens with zero attached hydrogens (tertiary/aromatic N) is 1. The number of carbonyl (C=O) groups is 2. The molecule has 1 N–H and O–H groups in total. The second-order valence-corrected chi connectivity index (χ2v) is 6.54. The Balaban J connectivity index is 1.92. The van der Waals surface area contributed by atoms with E-state index in [4.69, 9.17) is 5.11 Å². The van der Waals surface area contributed by atoms with Crippen molar-refractivity contribution >= 4 is 23.6 Å². The highest BCUT2D eigenvalue weighted by Crippen LogP contribution is 2.36. The highest BCUT2D eigenvalue weighted by Gasteiger charge is 2.29. The number of piperidine rings is 1. The third-order valence-corrected chi connectivity index (χ3v) is 4.44. The number of aliphatic carboxylic acids is 1. The summed E-state index contributed by atoms with van der Waals surface area (Å²) in [5.74, 6) is -1.00. The van der Waals surface area contributed by atoms with Gasteiger partial charge in [-0.25, -0.2) is 0 Å². The quantitative estimate of drug-likeness (QED) is 0.845. The highest BCUT2D eigenvalue weighted by atomic mass is 32.2. The van der Waals surface area contributed by atoms with Crippen molar-refractivity contribution in [2.75, 3.05) is 13.1 Å². The zero-order valence-corrected chi connectivity index (χ0v) is 13.0. The summed E-state index contributed by atoms with van der Waals surface area (Å²) in [5, 5.41) is 8.76. The zero-order valence-electron chi connectivity index (χ0n) is 12.2. The van der Waals surface area contributed by atoms with E-state index in [1.807, 2.05) is 0 Å². The van der Waals surface area contributed by atoms with Gasteiger partial charge in [-0.3, -0.25) is 9.59 Å². The number of carboxylic acids is 1. The molecule has 126 valence electrons. The Hall–Kier alpha value is -1.70. The van der Waals surface area contributed by atoms with E-state index in [1.54, 1.807) is 4.90 Å². The van der Waals surface area contributed by atoms with Crippen LogP contribution >= 0.6 is 11.8 Å². The molecular weight excluding hydrogens is 331 g/mol. The van der Waals surface area contributed by atoms with Crippen LogP contribution in [0.2, 0.25) is 0 Å². The maximum atomic E-state index is 12.3. The normalized spacial score (nSPS) is 16.4. The lowest BCUT2D eigenvalue weighted by atomic mass is 9.93. The minimum absolute atomic E-state index is 0.0363. The molecule has 1 amide bonds. The molecule has 1 aliphatic rings. The number of hydrogen-bond acceptors (Lipinski definition) is 3. The van der Waals surface area contributed by atoms with E-state index in [9.17, 15) is 22.8 Å². The predicted molar refractivity (Wildman–Crippen MR) is 79.2 cm³/mol. The first kappa shape index (κ1) is 17.7. The fraction of sp³-hybridized carbons (Fsp3) is 0.467. The molecule has 0 aliphatic carbocycles. The molecular formula is C15H16F3NO3S. The van der Waals surface area contributed by atoms with Gasteiger partial charge in [0, 0.05) is 30.0 Å². The van der Waals surface area contributed by atoms with Crippen molar-refractivity contribution in [3.05, 3.63) is 29.8 Å². The molecule has 1 saturated heterocycles. The number of benzene rings is 1. The van der Waals surface area contributed by atoms with Gasteiger partial charge in [-0.15, -0.1) is 0 Å². The standard InChI is InChI=1S/C15H16F3NO3S/c16-15(17,18)23-12-3-1-11(2-4-12)14(22)19-7-5-10(6-8-19)9-13(20)21/h1-4,10H,5-9H2,(H,20,21). The van der Waals surface area contributed by atoms with E-state index >= 15 is 0 Å². The number of carbonyl (C=O) groups excluding carboxylic acids is 1. The molecule has 0 atom stereocenters. The van der Waals surface area contributed by atoms with Gasteiger partial charge in [0.1, 0.15) is 0 Å². The van der Waals surface area contributed by atoms with E-state index < -0.39 is 11.5 Å². The Labute approximate surface area is 135 Å². The fourth-order valence-corrected chi connectivity index (χ4v) is 3.11. The summed E-state index contributed by atoms with van der Waals surface area (Å²) in [6, 6.07) is 5.34. The molecule has 0 unspecified atom stereocenters. The molecule has 2 rings (SSSR count). The van der Waals surface area contributed by atoms with E-state index in [0.29, 0.717) is 31.5 Å². The van der Waals surface area contributed by atoms with Gasteiger partial charge in [-0.05, 0) is 54.8 Å². The van der Waals surface area contributed by atoms with Crippen LogP contribution in [-0.2, 0) is 4.79 Å². The summed E-state index contributed by atoms with van der Waals surface area (Å²) in [7, 11) is 0. The third-order valence-electron chi connectivity index (χ3n) is 3.70. The van der Waals surface area contributed by atoms with Crippen molar-refractivity contribution < 1.29 is 27.9 Å². The van der Waals surface area contributed by atoms with Gasteiger partial charge in [-0.1, -0.05) is 0 Å².